The first-order valence-electron chi connectivity index (χ1n) is 5.05. The van der Waals surface area contributed by atoms with Crippen LogP contribution in [0.25, 0.3) is 10.2 Å². The molecule has 0 saturated carbocycles. The van der Waals surface area contributed by atoms with Gasteiger partial charge in [-0.1, -0.05) is 6.07 Å². The third-order valence-corrected chi connectivity index (χ3v) is 5.91. The molecule has 4 nitrogen and oxygen atoms in total. The predicted molar refractivity (Wildman–Crippen MR) is 74.7 cm³/mol. The second-order valence-electron chi connectivity index (χ2n) is 3.57. The largest absolute Gasteiger partial charge is 0.279 e. The molecule has 0 bridgehead atoms. The van der Waals surface area contributed by atoms with Crippen molar-refractivity contribution in [3.63, 3.8) is 0 Å². The molecule has 0 amide bonds. The molecule has 0 fully saturated rings. The van der Waals surface area contributed by atoms with E-state index >= 15 is 0 Å². The normalized spacial score (nSPS) is 11.8. The molecule has 2 aromatic heterocycles. The second kappa shape index (κ2) is 4.34. The van der Waals surface area contributed by atoms with Crippen molar-refractivity contribution in [1.82, 2.24) is 4.98 Å². The van der Waals surface area contributed by atoms with Gasteiger partial charge in [0.05, 0.1) is 21.4 Å². The van der Waals surface area contributed by atoms with Crippen LogP contribution in [0.4, 0.5) is 5.69 Å². The van der Waals surface area contributed by atoms with Crippen molar-refractivity contribution in [3.8, 4) is 0 Å². The van der Waals surface area contributed by atoms with Crippen LogP contribution in [-0.2, 0) is 10.0 Å². The fraction of sp³-hybridized carbons (Fsp3) is 0. The number of aromatic nitrogens is 1. The van der Waals surface area contributed by atoms with Crippen LogP contribution in [0.3, 0.4) is 0 Å². The zero-order valence-corrected chi connectivity index (χ0v) is 11.5. The molecule has 3 aromatic rings. The Kier molecular flexibility index (Phi) is 2.81. The van der Waals surface area contributed by atoms with Crippen molar-refractivity contribution < 1.29 is 8.42 Å². The van der Waals surface area contributed by atoms with Crippen LogP contribution in [-0.4, -0.2) is 13.4 Å². The number of anilines is 1. The number of thiazole rings is 1. The summed E-state index contributed by atoms with van der Waals surface area (Å²) in [5.74, 6) is 0. The zero-order chi connectivity index (χ0) is 12.6. The first-order valence-corrected chi connectivity index (χ1v) is 8.29. The number of rotatable bonds is 3. The SMILES string of the molecule is O=S(=O)(Nc1ccc2ncsc2c1)c1cccs1. The smallest absolute Gasteiger partial charge is 0.271 e. The highest BCUT2D eigenvalue weighted by Crippen LogP contribution is 2.25. The molecular formula is C11H8N2O2S3. The van der Waals surface area contributed by atoms with Gasteiger partial charge >= 0.3 is 0 Å². The summed E-state index contributed by atoms with van der Waals surface area (Å²) in [6.07, 6.45) is 0. The highest BCUT2D eigenvalue weighted by molar-refractivity contribution is 7.94. The first-order chi connectivity index (χ1) is 8.65. The molecule has 0 aliphatic heterocycles. The molecule has 2 heterocycles. The van der Waals surface area contributed by atoms with Crippen molar-refractivity contribution in [2.24, 2.45) is 0 Å². The second-order valence-corrected chi connectivity index (χ2v) is 7.32. The number of benzene rings is 1. The lowest BCUT2D eigenvalue weighted by atomic mass is 10.3. The van der Waals surface area contributed by atoms with Crippen molar-refractivity contribution in [3.05, 3.63) is 41.2 Å². The molecule has 1 N–H and O–H groups in total. The van der Waals surface area contributed by atoms with E-state index in [-0.39, 0.29) is 0 Å². The van der Waals surface area contributed by atoms with Gasteiger partial charge in [0.1, 0.15) is 4.21 Å². The lowest BCUT2D eigenvalue weighted by molar-refractivity contribution is 0.603. The fourth-order valence-corrected chi connectivity index (χ4v) is 4.30. The molecule has 0 atom stereocenters. The molecule has 0 aliphatic rings. The highest BCUT2D eigenvalue weighted by atomic mass is 32.2. The molecule has 1 aromatic carbocycles. The molecule has 18 heavy (non-hydrogen) atoms. The Bertz CT molecular complexity index is 776. The van der Waals surface area contributed by atoms with Crippen molar-refractivity contribution in [2.45, 2.75) is 4.21 Å². The number of hydrogen-bond donors (Lipinski definition) is 1. The maximum Gasteiger partial charge on any atom is 0.271 e. The summed E-state index contributed by atoms with van der Waals surface area (Å²) < 4.78 is 27.9. The Labute approximate surface area is 112 Å². The van der Waals surface area contributed by atoms with Crippen LogP contribution in [0.2, 0.25) is 0 Å². The van der Waals surface area contributed by atoms with E-state index in [0.29, 0.717) is 9.90 Å². The number of sulfonamides is 1. The number of fused-ring (bicyclic) bond motifs is 1. The van der Waals surface area contributed by atoms with Crippen molar-refractivity contribution >= 4 is 48.6 Å². The fourth-order valence-electron chi connectivity index (χ4n) is 1.54. The van der Waals surface area contributed by atoms with Crippen LogP contribution >= 0.6 is 22.7 Å². The predicted octanol–water partition coefficient (Wildman–Crippen LogP) is 3.16. The van der Waals surface area contributed by atoms with E-state index in [1.807, 2.05) is 0 Å². The minimum absolute atomic E-state index is 0.312. The summed E-state index contributed by atoms with van der Waals surface area (Å²) in [6, 6.07) is 8.60. The van der Waals surface area contributed by atoms with E-state index in [9.17, 15) is 8.42 Å². The molecule has 0 radical (unpaired) electrons. The maximum atomic E-state index is 12.0. The Morgan fingerprint density at radius 1 is 1.17 bits per heavy atom. The van der Waals surface area contributed by atoms with E-state index in [0.717, 1.165) is 10.2 Å². The number of thiophene rings is 1. The summed E-state index contributed by atoms with van der Waals surface area (Å²) in [5, 5.41) is 1.74. The Morgan fingerprint density at radius 2 is 2.06 bits per heavy atom. The lowest BCUT2D eigenvalue weighted by Crippen LogP contribution is -2.11. The van der Waals surface area contributed by atoms with E-state index in [4.69, 9.17) is 0 Å². The van der Waals surface area contributed by atoms with Crippen LogP contribution in [0.1, 0.15) is 0 Å². The van der Waals surface area contributed by atoms with E-state index < -0.39 is 10.0 Å². The van der Waals surface area contributed by atoms with Crippen LogP contribution in [0.5, 0.6) is 0 Å². The molecule has 0 aliphatic carbocycles. The Hall–Kier alpha value is -1.44. The molecule has 0 unspecified atom stereocenters. The summed E-state index contributed by atoms with van der Waals surface area (Å²) >= 11 is 2.68. The standard InChI is InChI=1S/C11H8N2O2S3/c14-18(15,11-2-1-5-16-11)13-8-3-4-9-10(6-8)17-7-12-9/h1-7,13H. The number of nitrogens with zero attached hydrogens (tertiary/aromatic N) is 1. The molecule has 3 rings (SSSR count). The quantitative estimate of drug-likeness (QED) is 0.807. The molecule has 0 spiro atoms. The van der Waals surface area contributed by atoms with Gasteiger partial charge in [0.25, 0.3) is 10.0 Å². The number of nitrogens with one attached hydrogen (secondary N) is 1. The van der Waals surface area contributed by atoms with Gasteiger partial charge in [0.15, 0.2) is 0 Å². The zero-order valence-electron chi connectivity index (χ0n) is 9.03. The van der Waals surface area contributed by atoms with Crippen molar-refractivity contribution in [1.29, 1.82) is 0 Å². The average Bonchev–Trinajstić information content (AvgIpc) is 2.99. The van der Waals surface area contributed by atoms with Crippen LogP contribution in [0, 0.1) is 0 Å². The molecule has 0 saturated heterocycles. The first kappa shape index (κ1) is 11.6. The lowest BCUT2D eigenvalue weighted by Gasteiger charge is -2.05. The maximum absolute atomic E-state index is 12.0. The van der Waals surface area contributed by atoms with Gasteiger partial charge in [-0.2, -0.15) is 0 Å². The average molecular weight is 296 g/mol. The minimum Gasteiger partial charge on any atom is -0.279 e. The third-order valence-electron chi connectivity index (χ3n) is 2.34. The van der Waals surface area contributed by atoms with Gasteiger partial charge in [0, 0.05) is 0 Å². The van der Waals surface area contributed by atoms with Gasteiger partial charge < -0.3 is 0 Å². The van der Waals surface area contributed by atoms with Gasteiger partial charge in [-0.3, -0.25) is 4.72 Å². The Balaban J connectivity index is 1.97. The minimum atomic E-state index is -3.47. The van der Waals surface area contributed by atoms with E-state index in [2.05, 4.69) is 9.71 Å². The summed E-state index contributed by atoms with van der Waals surface area (Å²) in [5.41, 5.74) is 3.17. The van der Waals surface area contributed by atoms with E-state index in [1.165, 1.54) is 22.7 Å². The van der Waals surface area contributed by atoms with Gasteiger partial charge in [-0.05, 0) is 29.6 Å². The van der Waals surface area contributed by atoms with E-state index in [1.54, 1.807) is 41.2 Å². The van der Waals surface area contributed by atoms with Crippen LogP contribution < -0.4 is 4.72 Å². The van der Waals surface area contributed by atoms with Crippen LogP contribution in [0.15, 0.2) is 45.4 Å². The van der Waals surface area contributed by atoms with Crippen molar-refractivity contribution in [2.75, 3.05) is 4.72 Å². The third kappa shape index (κ3) is 2.12. The molecule has 92 valence electrons. The van der Waals surface area contributed by atoms with Gasteiger partial charge in [-0.15, -0.1) is 22.7 Å². The van der Waals surface area contributed by atoms with Gasteiger partial charge in [0.2, 0.25) is 0 Å². The highest BCUT2D eigenvalue weighted by Gasteiger charge is 2.15. The summed E-state index contributed by atoms with van der Waals surface area (Å²) in [6.45, 7) is 0. The van der Waals surface area contributed by atoms with Gasteiger partial charge in [-0.25, -0.2) is 13.4 Å². The molecule has 7 heteroatoms. The Morgan fingerprint density at radius 3 is 2.83 bits per heavy atom. The monoisotopic (exact) mass is 296 g/mol. The molecular weight excluding hydrogens is 288 g/mol. The summed E-state index contributed by atoms with van der Waals surface area (Å²) in [7, 11) is -3.47. The topological polar surface area (TPSA) is 59.1 Å². The number of hydrogen-bond acceptors (Lipinski definition) is 5. The summed E-state index contributed by atoms with van der Waals surface area (Å²) in [4.78, 5) is 4.15.